The van der Waals surface area contributed by atoms with Crippen LogP contribution in [0.5, 0.6) is 0 Å². The highest BCUT2D eigenvalue weighted by Crippen LogP contribution is 2.08. The maximum atomic E-state index is 12.0. The maximum absolute atomic E-state index is 12.0. The van der Waals surface area contributed by atoms with Gasteiger partial charge in [0.25, 0.3) is 0 Å². The molecule has 0 saturated heterocycles. The fourth-order valence-electron chi connectivity index (χ4n) is 1.19. The summed E-state index contributed by atoms with van der Waals surface area (Å²) in [5.74, 6) is -1.76. The fraction of sp³-hybridized carbons (Fsp3) is 0.583. The Kier molecular flexibility index (Phi) is 6.08. The summed E-state index contributed by atoms with van der Waals surface area (Å²) in [5.41, 5.74) is 0.145. The summed E-state index contributed by atoms with van der Waals surface area (Å²) in [5, 5.41) is 8.82. The molecule has 0 bridgehead atoms. The molecule has 0 rings (SSSR count). The second kappa shape index (κ2) is 6.78. The predicted octanol–water partition coefficient (Wildman–Crippen LogP) is 0.344. The normalized spacial score (nSPS) is 11.6. The van der Waals surface area contributed by atoms with Crippen LogP contribution in [0.2, 0.25) is 0 Å². The molecule has 18 heavy (non-hydrogen) atoms. The molecule has 0 atom stereocenters. The molecule has 6 nitrogen and oxygen atoms in total. The van der Waals surface area contributed by atoms with Crippen molar-refractivity contribution in [3.05, 3.63) is 11.1 Å². The minimum Gasteiger partial charge on any atom is -0.478 e. The fourth-order valence-corrected chi connectivity index (χ4v) is 1.19. The van der Waals surface area contributed by atoms with Crippen molar-refractivity contribution in [2.75, 3.05) is 27.2 Å². The second-order valence-corrected chi connectivity index (χ2v) is 4.16. The average Bonchev–Trinajstić information content (AvgIpc) is 2.32. The highest BCUT2D eigenvalue weighted by molar-refractivity contribution is 6.02. The van der Waals surface area contributed by atoms with E-state index < -0.39 is 11.9 Å². The van der Waals surface area contributed by atoms with Crippen LogP contribution < -0.4 is 0 Å². The van der Waals surface area contributed by atoms with Crippen molar-refractivity contribution in [1.29, 1.82) is 0 Å². The van der Waals surface area contributed by atoms with Crippen molar-refractivity contribution in [2.24, 2.45) is 0 Å². The van der Waals surface area contributed by atoms with Crippen LogP contribution in [0.3, 0.4) is 0 Å². The second-order valence-electron chi connectivity index (χ2n) is 4.16. The predicted molar refractivity (Wildman–Crippen MR) is 67.0 cm³/mol. The molecule has 0 fully saturated rings. The Morgan fingerprint density at radius 3 is 1.89 bits per heavy atom. The molecule has 0 radical (unpaired) electrons. The van der Waals surface area contributed by atoms with Crippen LogP contribution in [0.1, 0.15) is 20.8 Å². The Balaban J connectivity index is 4.99. The van der Waals surface area contributed by atoms with E-state index in [9.17, 15) is 14.4 Å². The zero-order valence-corrected chi connectivity index (χ0v) is 11.5. The van der Waals surface area contributed by atoms with Crippen LogP contribution in [0.25, 0.3) is 0 Å². The van der Waals surface area contributed by atoms with E-state index in [1.165, 1.54) is 23.6 Å². The zero-order valence-electron chi connectivity index (χ0n) is 11.5. The van der Waals surface area contributed by atoms with Gasteiger partial charge in [0.05, 0.1) is 6.54 Å². The van der Waals surface area contributed by atoms with Gasteiger partial charge in [-0.15, -0.1) is 0 Å². The molecular weight excluding hydrogens is 236 g/mol. The first kappa shape index (κ1) is 16.1. The zero-order chi connectivity index (χ0) is 14.5. The Morgan fingerprint density at radius 1 is 1.06 bits per heavy atom. The van der Waals surface area contributed by atoms with Crippen molar-refractivity contribution in [3.63, 3.8) is 0 Å². The third-order valence-electron chi connectivity index (χ3n) is 2.70. The van der Waals surface area contributed by atoms with Crippen molar-refractivity contribution >= 4 is 17.8 Å². The summed E-state index contributed by atoms with van der Waals surface area (Å²) in [6.45, 7) is 4.87. The van der Waals surface area contributed by atoms with E-state index in [2.05, 4.69) is 0 Å². The smallest absolute Gasteiger partial charge is 0.331 e. The van der Waals surface area contributed by atoms with Gasteiger partial charge in [-0.25, -0.2) is 4.79 Å². The van der Waals surface area contributed by atoms with E-state index in [1.807, 2.05) is 0 Å². The molecule has 0 saturated carbocycles. The molecule has 0 aliphatic carbocycles. The molecule has 0 aromatic carbocycles. The molecule has 0 aromatic heterocycles. The molecular formula is C12H20N2O4. The first-order valence-electron chi connectivity index (χ1n) is 5.62. The lowest BCUT2D eigenvalue weighted by Gasteiger charge is -2.23. The average molecular weight is 256 g/mol. The number of carbonyl (C=O) groups excluding carboxylic acids is 2. The van der Waals surface area contributed by atoms with E-state index in [0.717, 1.165) is 0 Å². The van der Waals surface area contributed by atoms with Crippen molar-refractivity contribution in [3.8, 4) is 0 Å². The van der Waals surface area contributed by atoms with Gasteiger partial charge in [-0.1, -0.05) is 0 Å². The molecule has 0 spiro atoms. The molecule has 2 amide bonds. The van der Waals surface area contributed by atoms with E-state index in [4.69, 9.17) is 5.11 Å². The van der Waals surface area contributed by atoms with Crippen LogP contribution in [0.15, 0.2) is 11.1 Å². The number of carboxylic acids is 1. The van der Waals surface area contributed by atoms with Gasteiger partial charge in [-0.2, -0.15) is 0 Å². The number of amides is 2. The van der Waals surface area contributed by atoms with Gasteiger partial charge >= 0.3 is 5.97 Å². The summed E-state index contributed by atoms with van der Waals surface area (Å²) in [4.78, 5) is 37.0. The minimum absolute atomic E-state index is 0.00393. The number of carboxylic acid groups (broad SMARTS) is 1. The van der Waals surface area contributed by atoms with Gasteiger partial charge in [0.15, 0.2) is 0 Å². The third-order valence-corrected chi connectivity index (χ3v) is 2.70. The van der Waals surface area contributed by atoms with Crippen molar-refractivity contribution in [1.82, 2.24) is 9.80 Å². The summed E-state index contributed by atoms with van der Waals surface area (Å²) >= 11 is 0. The standard InChI is InChI=1S/C12H20N2O4/c1-6-14(7-10(15)13(4)5)11(16)8(2)9(3)12(17)18/h6-7H2,1-5H3,(H,17,18). The molecule has 1 N–H and O–H groups in total. The lowest BCUT2D eigenvalue weighted by atomic mass is 10.1. The Labute approximate surface area is 107 Å². The van der Waals surface area contributed by atoms with Crippen LogP contribution in [-0.4, -0.2) is 59.9 Å². The number of rotatable bonds is 5. The topological polar surface area (TPSA) is 77.9 Å². The van der Waals surface area contributed by atoms with E-state index >= 15 is 0 Å². The Morgan fingerprint density at radius 2 is 1.56 bits per heavy atom. The summed E-state index contributed by atoms with van der Waals surface area (Å²) in [7, 11) is 3.21. The molecule has 0 aromatic rings. The van der Waals surface area contributed by atoms with Crippen molar-refractivity contribution in [2.45, 2.75) is 20.8 Å². The summed E-state index contributed by atoms with van der Waals surface area (Å²) in [6, 6.07) is 0. The number of carbonyl (C=O) groups is 3. The van der Waals surface area contributed by atoms with Gasteiger partial charge in [-0.05, 0) is 20.8 Å². The van der Waals surface area contributed by atoms with E-state index in [0.29, 0.717) is 6.54 Å². The van der Waals surface area contributed by atoms with Crippen LogP contribution >= 0.6 is 0 Å². The lowest BCUT2D eigenvalue weighted by molar-refractivity contribution is -0.137. The van der Waals surface area contributed by atoms with Crippen LogP contribution in [0.4, 0.5) is 0 Å². The van der Waals surface area contributed by atoms with Gasteiger partial charge in [0.2, 0.25) is 11.8 Å². The number of nitrogens with zero attached hydrogens (tertiary/aromatic N) is 2. The molecule has 0 aliphatic heterocycles. The number of aliphatic carboxylic acids is 1. The quantitative estimate of drug-likeness (QED) is 0.720. The Hall–Kier alpha value is -1.85. The van der Waals surface area contributed by atoms with Gasteiger partial charge in [-0.3, -0.25) is 9.59 Å². The molecule has 0 heterocycles. The first-order chi connectivity index (χ1) is 8.22. The van der Waals surface area contributed by atoms with Crippen LogP contribution in [-0.2, 0) is 14.4 Å². The monoisotopic (exact) mass is 256 g/mol. The largest absolute Gasteiger partial charge is 0.478 e. The minimum atomic E-state index is -1.13. The lowest BCUT2D eigenvalue weighted by Crippen LogP contribution is -2.40. The van der Waals surface area contributed by atoms with E-state index in [1.54, 1.807) is 21.0 Å². The van der Waals surface area contributed by atoms with Gasteiger partial charge < -0.3 is 14.9 Å². The molecule has 0 unspecified atom stereocenters. The van der Waals surface area contributed by atoms with Gasteiger partial charge in [0, 0.05) is 31.8 Å². The van der Waals surface area contributed by atoms with Crippen LogP contribution in [0, 0.1) is 0 Å². The number of likely N-dealkylation sites (N-methyl/N-ethyl adjacent to an activating group) is 2. The van der Waals surface area contributed by atoms with E-state index in [-0.39, 0.29) is 23.6 Å². The third kappa shape index (κ3) is 4.20. The maximum Gasteiger partial charge on any atom is 0.331 e. The highest BCUT2D eigenvalue weighted by Gasteiger charge is 2.20. The summed E-state index contributed by atoms with van der Waals surface area (Å²) in [6.07, 6.45) is 0. The summed E-state index contributed by atoms with van der Waals surface area (Å²) < 4.78 is 0. The number of hydrogen-bond acceptors (Lipinski definition) is 3. The SMILES string of the molecule is CCN(CC(=O)N(C)C)C(=O)C(C)=C(C)C(=O)O. The van der Waals surface area contributed by atoms with Gasteiger partial charge in [0.1, 0.15) is 0 Å². The molecule has 6 heteroatoms. The Bertz CT molecular complexity index is 386. The first-order valence-corrected chi connectivity index (χ1v) is 5.62. The highest BCUT2D eigenvalue weighted by atomic mass is 16.4. The van der Waals surface area contributed by atoms with Crippen molar-refractivity contribution < 1.29 is 19.5 Å². The number of hydrogen-bond donors (Lipinski definition) is 1. The molecule has 0 aliphatic rings. The molecule has 102 valence electrons.